The molecule has 0 amide bonds. The van der Waals surface area contributed by atoms with Gasteiger partial charge in [-0.1, -0.05) is 36.4 Å². The fraction of sp³-hybridized carbons (Fsp3) is 0.250. The first-order chi connectivity index (χ1) is 13.4. The molecule has 0 saturated carbocycles. The van der Waals surface area contributed by atoms with Gasteiger partial charge in [-0.25, -0.2) is 0 Å². The van der Waals surface area contributed by atoms with Gasteiger partial charge in [-0.05, 0) is 49.9 Å². The minimum absolute atomic E-state index is 0.684. The van der Waals surface area contributed by atoms with E-state index in [-0.39, 0.29) is 0 Å². The second kappa shape index (κ2) is 8.26. The average molecular weight is 377 g/mol. The van der Waals surface area contributed by atoms with Gasteiger partial charge < -0.3 is 20.1 Å². The van der Waals surface area contributed by atoms with Gasteiger partial charge in [0.2, 0.25) is 0 Å². The molecule has 0 aliphatic carbocycles. The van der Waals surface area contributed by atoms with Gasteiger partial charge in [0.15, 0.2) is 11.5 Å². The minimum atomic E-state index is 0.684. The van der Waals surface area contributed by atoms with Crippen LogP contribution in [-0.4, -0.2) is 14.2 Å². The van der Waals surface area contributed by atoms with E-state index in [4.69, 9.17) is 9.47 Å². The second-order valence-electron chi connectivity index (χ2n) is 7.04. The van der Waals surface area contributed by atoms with Crippen LogP contribution in [0.2, 0.25) is 0 Å². The van der Waals surface area contributed by atoms with Crippen LogP contribution in [0.3, 0.4) is 0 Å². The smallest absolute Gasteiger partial charge is 0.162 e. The monoisotopic (exact) mass is 376 g/mol. The zero-order valence-electron chi connectivity index (χ0n) is 17.4. The molecule has 0 spiro atoms. The zero-order valence-corrected chi connectivity index (χ0v) is 17.4. The van der Waals surface area contributed by atoms with Gasteiger partial charge in [0, 0.05) is 23.5 Å². The van der Waals surface area contributed by atoms with E-state index in [1.165, 1.54) is 22.3 Å². The third-order valence-electron chi connectivity index (χ3n) is 5.01. The van der Waals surface area contributed by atoms with Gasteiger partial charge in [-0.2, -0.15) is 0 Å². The van der Waals surface area contributed by atoms with Crippen LogP contribution in [0.25, 0.3) is 0 Å². The molecule has 0 fully saturated rings. The maximum Gasteiger partial charge on any atom is 0.162 e. The molecule has 0 aromatic heterocycles. The molecule has 0 unspecified atom stereocenters. The van der Waals surface area contributed by atoms with Crippen LogP contribution in [0.5, 0.6) is 11.5 Å². The number of aryl methyl sites for hydroxylation is 4. The van der Waals surface area contributed by atoms with Crippen molar-refractivity contribution in [1.82, 2.24) is 0 Å². The number of rotatable bonds is 6. The lowest BCUT2D eigenvalue weighted by atomic mass is 10.1. The molecule has 3 rings (SSSR count). The standard InChI is InChI=1S/C24H28N2O2/c1-15-9-7-10-16(2)23(15)25-19-13-21(27-5)22(28-6)14-20(19)26-24-17(3)11-8-12-18(24)4/h7-14,25-26H,1-6H3. The number of para-hydroxylation sites is 2. The summed E-state index contributed by atoms with van der Waals surface area (Å²) in [6.07, 6.45) is 0. The number of benzene rings is 3. The number of hydrogen-bond acceptors (Lipinski definition) is 4. The third-order valence-corrected chi connectivity index (χ3v) is 5.01. The van der Waals surface area contributed by atoms with E-state index in [2.05, 4.69) is 74.7 Å². The second-order valence-corrected chi connectivity index (χ2v) is 7.04. The molecule has 0 saturated heterocycles. The largest absolute Gasteiger partial charge is 0.493 e. The molecule has 0 bridgehead atoms. The first-order valence-corrected chi connectivity index (χ1v) is 9.37. The van der Waals surface area contributed by atoms with Crippen LogP contribution in [0.4, 0.5) is 22.7 Å². The van der Waals surface area contributed by atoms with Crippen molar-refractivity contribution in [2.24, 2.45) is 0 Å². The topological polar surface area (TPSA) is 42.5 Å². The normalized spacial score (nSPS) is 10.5. The van der Waals surface area contributed by atoms with Crippen LogP contribution in [-0.2, 0) is 0 Å². The highest BCUT2D eigenvalue weighted by molar-refractivity contribution is 5.84. The van der Waals surface area contributed by atoms with E-state index >= 15 is 0 Å². The number of ether oxygens (including phenoxy) is 2. The van der Waals surface area contributed by atoms with Crippen LogP contribution >= 0.6 is 0 Å². The quantitative estimate of drug-likeness (QED) is 0.520. The van der Waals surface area contributed by atoms with E-state index < -0.39 is 0 Å². The fourth-order valence-electron chi connectivity index (χ4n) is 3.38. The lowest BCUT2D eigenvalue weighted by molar-refractivity contribution is 0.355. The van der Waals surface area contributed by atoms with Crippen molar-refractivity contribution in [3.63, 3.8) is 0 Å². The summed E-state index contributed by atoms with van der Waals surface area (Å²) in [5.41, 5.74) is 8.80. The van der Waals surface area contributed by atoms with E-state index in [0.717, 1.165) is 22.7 Å². The Labute approximate surface area is 167 Å². The van der Waals surface area contributed by atoms with Gasteiger partial charge in [0.1, 0.15) is 0 Å². The highest BCUT2D eigenvalue weighted by Gasteiger charge is 2.15. The third kappa shape index (κ3) is 3.91. The van der Waals surface area contributed by atoms with Crippen molar-refractivity contribution in [1.29, 1.82) is 0 Å². The maximum absolute atomic E-state index is 5.53. The minimum Gasteiger partial charge on any atom is -0.493 e. The highest BCUT2D eigenvalue weighted by atomic mass is 16.5. The maximum atomic E-state index is 5.53. The molecule has 4 heteroatoms. The Bertz CT molecular complexity index is 875. The molecule has 28 heavy (non-hydrogen) atoms. The summed E-state index contributed by atoms with van der Waals surface area (Å²) < 4.78 is 11.1. The van der Waals surface area contributed by atoms with E-state index in [0.29, 0.717) is 11.5 Å². The SMILES string of the molecule is COc1cc(Nc2c(C)cccc2C)c(Nc2c(C)cccc2C)cc1OC. The lowest BCUT2D eigenvalue weighted by Gasteiger charge is -2.21. The number of hydrogen-bond donors (Lipinski definition) is 2. The molecule has 3 aromatic rings. The lowest BCUT2D eigenvalue weighted by Crippen LogP contribution is -2.04. The zero-order chi connectivity index (χ0) is 20.3. The Hall–Kier alpha value is -3.14. The Kier molecular flexibility index (Phi) is 5.78. The van der Waals surface area contributed by atoms with Crippen LogP contribution in [0.15, 0.2) is 48.5 Å². The van der Waals surface area contributed by atoms with Crippen molar-refractivity contribution in [3.8, 4) is 11.5 Å². The molecule has 146 valence electrons. The van der Waals surface area contributed by atoms with Crippen molar-refractivity contribution in [3.05, 3.63) is 70.8 Å². The summed E-state index contributed by atoms with van der Waals surface area (Å²) in [5, 5.41) is 7.19. The van der Waals surface area contributed by atoms with Crippen LogP contribution < -0.4 is 20.1 Å². The van der Waals surface area contributed by atoms with Crippen molar-refractivity contribution in [2.45, 2.75) is 27.7 Å². The molecule has 0 aliphatic rings. The molecule has 4 nitrogen and oxygen atoms in total. The van der Waals surface area contributed by atoms with Crippen LogP contribution in [0.1, 0.15) is 22.3 Å². The number of anilines is 4. The molecule has 0 radical (unpaired) electrons. The summed E-state index contributed by atoms with van der Waals surface area (Å²) in [4.78, 5) is 0. The molecule has 0 atom stereocenters. The Balaban J connectivity index is 2.12. The van der Waals surface area contributed by atoms with Crippen molar-refractivity contribution < 1.29 is 9.47 Å². The summed E-state index contributed by atoms with van der Waals surface area (Å²) >= 11 is 0. The molecule has 3 aromatic carbocycles. The van der Waals surface area contributed by atoms with Gasteiger partial charge in [0.05, 0.1) is 25.6 Å². The van der Waals surface area contributed by atoms with E-state index in [1.807, 2.05) is 12.1 Å². The summed E-state index contributed by atoms with van der Waals surface area (Å²) in [7, 11) is 3.30. The molecule has 0 heterocycles. The van der Waals surface area contributed by atoms with Crippen molar-refractivity contribution >= 4 is 22.7 Å². The molecule has 2 N–H and O–H groups in total. The molecular formula is C24H28N2O2. The Morgan fingerprint density at radius 2 is 0.893 bits per heavy atom. The first kappa shape index (κ1) is 19.6. The number of nitrogens with one attached hydrogen (secondary N) is 2. The van der Waals surface area contributed by atoms with Crippen LogP contribution in [0, 0.1) is 27.7 Å². The van der Waals surface area contributed by atoms with Gasteiger partial charge in [0.25, 0.3) is 0 Å². The predicted molar refractivity (Wildman–Crippen MR) is 118 cm³/mol. The Morgan fingerprint density at radius 1 is 0.571 bits per heavy atom. The predicted octanol–water partition coefficient (Wildman–Crippen LogP) is 6.42. The highest BCUT2D eigenvalue weighted by Crippen LogP contribution is 2.40. The van der Waals surface area contributed by atoms with Gasteiger partial charge in [-0.3, -0.25) is 0 Å². The average Bonchev–Trinajstić information content (AvgIpc) is 2.68. The first-order valence-electron chi connectivity index (χ1n) is 9.37. The van der Waals surface area contributed by atoms with Crippen molar-refractivity contribution in [2.75, 3.05) is 24.9 Å². The molecule has 0 aliphatic heterocycles. The fourth-order valence-corrected chi connectivity index (χ4v) is 3.38. The summed E-state index contributed by atoms with van der Waals surface area (Å²) in [5.74, 6) is 1.37. The molecular weight excluding hydrogens is 348 g/mol. The van der Waals surface area contributed by atoms with E-state index in [9.17, 15) is 0 Å². The Morgan fingerprint density at radius 3 is 1.18 bits per heavy atom. The summed E-state index contributed by atoms with van der Waals surface area (Å²) in [6, 6.07) is 16.5. The summed E-state index contributed by atoms with van der Waals surface area (Å²) in [6.45, 7) is 8.42. The van der Waals surface area contributed by atoms with Gasteiger partial charge in [-0.15, -0.1) is 0 Å². The van der Waals surface area contributed by atoms with E-state index in [1.54, 1.807) is 14.2 Å². The number of methoxy groups -OCH3 is 2. The van der Waals surface area contributed by atoms with Gasteiger partial charge >= 0.3 is 0 Å².